The number of nitro groups is 1. The fourth-order valence-electron chi connectivity index (χ4n) is 1.57. The summed E-state index contributed by atoms with van der Waals surface area (Å²) in [5.41, 5.74) is 0.349. The third kappa shape index (κ3) is 5.92. The number of ether oxygens (including phenoxy) is 1. The van der Waals surface area contributed by atoms with Crippen molar-refractivity contribution in [2.75, 3.05) is 20.2 Å². The Morgan fingerprint density at radius 1 is 1.40 bits per heavy atom. The maximum absolute atomic E-state index is 12.9. The van der Waals surface area contributed by atoms with Crippen LogP contribution in [0.2, 0.25) is 0 Å². The van der Waals surface area contributed by atoms with Gasteiger partial charge >= 0.3 is 11.8 Å². The molecule has 114 valence electrons. The van der Waals surface area contributed by atoms with Gasteiger partial charge in [0.25, 0.3) is 0 Å². The molecule has 2 heterocycles. The molecule has 1 aliphatic rings. The van der Waals surface area contributed by atoms with Crippen LogP contribution in [0, 0.1) is 23.0 Å². The Labute approximate surface area is 118 Å². The molecule has 6 nitrogen and oxygen atoms in total. The summed E-state index contributed by atoms with van der Waals surface area (Å²) in [5.74, 6) is -1.55. The maximum Gasteiger partial charge on any atom is 0.367 e. The zero-order chi connectivity index (χ0) is 15.5. The van der Waals surface area contributed by atoms with Crippen molar-refractivity contribution in [2.45, 2.75) is 33.6 Å². The Bertz CT molecular complexity index is 393. The number of nitrogens with zero attached hydrogens (tertiary/aromatic N) is 2. The number of pyridine rings is 1. The van der Waals surface area contributed by atoms with E-state index in [1.807, 2.05) is 13.8 Å². The molecule has 0 aromatic carbocycles. The molecule has 0 atom stereocenters. The topological polar surface area (TPSA) is 77.3 Å². The second-order valence-electron chi connectivity index (χ2n) is 3.84. The zero-order valence-corrected chi connectivity index (χ0v) is 12.4. The van der Waals surface area contributed by atoms with Gasteiger partial charge in [-0.05, 0) is 42.8 Å². The van der Waals surface area contributed by atoms with Gasteiger partial charge in [-0.25, -0.2) is 0 Å². The Hall–Kier alpha value is -1.76. The van der Waals surface area contributed by atoms with Gasteiger partial charge in [0.2, 0.25) is 5.75 Å². The summed E-state index contributed by atoms with van der Waals surface area (Å²) in [7, 11) is 1.28. The fourth-order valence-corrected chi connectivity index (χ4v) is 1.57. The monoisotopic (exact) mass is 287 g/mol. The minimum Gasteiger partial charge on any atom is -0.490 e. The third-order valence-electron chi connectivity index (χ3n) is 2.45. The highest BCUT2D eigenvalue weighted by Crippen LogP contribution is 2.23. The number of rotatable bonds is 2. The van der Waals surface area contributed by atoms with Crippen LogP contribution in [0.25, 0.3) is 0 Å². The highest BCUT2D eigenvalue weighted by molar-refractivity contribution is 5.37. The molecule has 0 radical (unpaired) electrons. The molecular weight excluding hydrogens is 265 g/mol. The predicted octanol–water partition coefficient (Wildman–Crippen LogP) is 2.84. The number of hydrogen-bond donors (Lipinski definition) is 1. The minimum atomic E-state index is -0.964. The van der Waals surface area contributed by atoms with E-state index in [4.69, 9.17) is 0 Å². The van der Waals surface area contributed by atoms with E-state index in [-0.39, 0.29) is 5.75 Å². The molecule has 0 saturated carbocycles. The highest BCUT2D eigenvalue weighted by atomic mass is 19.1. The summed E-state index contributed by atoms with van der Waals surface area (Å²) in [6.45, 7) is 8.01. The average Bonchev–Trinajstić information content (AvgIpc) is 2.99. The standard InChI is InChI=1S/C7H7FN2O3.C4H9N.C2H6/c1-4-3-5(10(11)12)9-7(8)6(4)13-2;1-2-4-5-3-1;1-2/h3H,1-2H3;5H,1-4H2;1-2H3. The van der Waals surface area contributed by atoms with E-state index in [9.17, 15) is 14.5 Å². The largest absolute Gasteiger partial charge is 0.490 e. The Kier molecular flexibility index (Phi) is 9.19. The first-order valence-electron chi connectivity index (χ1n) is 6.62. The molecule has 0 unspecified atom stereocenters. The maximum atomic E-state index is 12.9. The molecule has 0 amide bonds. The van der Waals surface area contributed by atoms with Gasteiger partial charge in [-0.2, -0.15) is 4.39 Å². The molecule has 1 fully saturated rings. The number of methoxy groups -OCH3 is 1. The lowest BCUT2D eigenvalue weighted by Gasteiger charge is -2.01. The summed E-state index contributed by atoms with van der Waals surface area (Å²) >= 11 is 0. The van der Waals surface area contributed by atoms with Crippen molar-refractivity contribution in [1.82, 2.24) is 10.3 Å². The van der Waals surface area contributed by atoms with Crippen molar-refractivity contribution in [3.05, 3.63) is 27.7 Å². The van der Waals surface area contributed by atoms with Crippen molar-refractivity contribution in [2.24, 2.45) is 0 Å². The van der Waals surface area contributed by atoms with Crippen molar-refractivity contribution in [1.29, 1.82) is 0 Å². The molecule has 1 N–H and O–H groups in total. The first-order chi connectivity index (χ1) is 9.56. The third-order valence-corrected chi connectivity index (χ3v) is 2.45. The van der Waals surface area contributed by atoms with Gasteiger partial charge in [0, 0.05) is 11.6 Å². The van der Waals surface area contributed by atoms with Crippen LogP contribution in [-0.4, -0.2) is 30.1 Å². The predicted molar refractivity (Wildman–Crippen MR) is 75.6 cm³/mol. The van der Waals surface area contributed by atoms with Crippen LogP contribution < -0.4 is 10.1 Å². The van der Waals surface area contributed by atoms with Gasteiger partial charge in [0.15, 0.2) is 0 Å². The number of hydrogen-bond acceptors (Lipinski definition) is 5. The van der Waals surface area contributed by atoms with Gasteiger partial charge in [-0.1, -0.05) is 13.8 Å². The summed E-state index contributed by atoms with van der Waals surface area (Å²) in [6.07, 6.45) is 2.78. The second-order valence-corrected chi connectivity index (χ2v) is 3.84. The van der Waals surface area contributed by atoms with Crippen LogP contribution in [0.3, 0.4) is 0 Å². The first-order valence-corrected chi connectivity index (χ1v) is 6.62. The van der Waals surface area contributed by atoms with Crippen LogP contribution in [-0.2, 0) is 0 Å². The van der Waals surface area contributed by atoms with Crippen molar-refractivity contribution >= 4 is 5.82 Å². The SMILES string of the molecule is C1CCNC1.CC.COc1c(C)cc([N+](=O)[O-])nc1F. The number of halogens is 1. The number of aryl methyl sites for hydroxylation is 1. The quantitative estimate of drug-likeness (QED) is 0.514. The lowest BCUT2D eigenvalue weighted by atomic mass is 10.2. The molecule has 0 aliphatic carbocycles. The summed E-state index contributed by atoms with van der Waals surface area (Å²) < 4.78 is 17.6. The fraction of sp³-hybridized carbons (Fsp3) is 0.615. The van der Waals surface area contributed by atoms with E-state index in [1.165, 1.54) is 40.0 Å². The minimum absolute atomic E-state index is 0.0643. The lowest BCUT2D eigenvalue weighted by Crippen LogP contribution is -2.03. The van der Waals surface area contributed by atoms with Crippen molar-refractivity contribution in [3.8, 4) is 5.75 Å². The van der Waals surface area contributed by atoms with Gasteiger partial charge in [0.1, 0.15) is 0 Å². The van der Waals surface area contributed by atoms with Crippen LogP contribution in [0.1, 0.15) is 32.3 Å². The lowest BCUT2D eigenvalue weighted by molar-refractivity contribution is -0.390. The van der Waals surface area contributed by atoms with E-state index < -0.39 is 16.7 Å². The summed E-state index contributed by atoms with van der Waals surface area (Å²) in [6, 6.07) is 1.15. The normalized spacial score (nSPS) is 12.7. The summed E-state index contributed by atoms with van der Waals surface area (Å²) in [4.78, 5) is 12.6. The molecule has 1 aromatic heterocycles. The molecule has 20 heavy (non-hydrogen) atoms. The molecule has 2 rings (SSSR count). The average molecular weight is 287 g/mol. The molecule has 1 aromatic rings. The van der Waals surface area contributed by atoms with E-state index in [0.717, 1.165) is 6.07 Å². The van der Waals surface area contributed by atoms with E-state index in [0.29, 0.717) is 5.56 Å². The van der Waals surface area contributed by atoms with Gasteiger partial charge in [0.05, 0.1) is 7.11 Å². The Morgan fingerprint density at radius 3 is 2.25 bits per heavy atom. The Morgan fingerprint density at radius 2 is 1.95 bits per heavy atom. The van der Waals surface area contributed by atoms with Crippen LogP contribution in [0.5, 0.6) is 5.75 Å². The smallest absolute Gasteiger partial charge is 0.367 e. The first kappa shape index (κ1) is 18.2. The molecule has 1 saturated heterocycles. The molecule has 1 aliphatic heterocycles. The molecular formula is C13H22FN3O3. The Balaban J connectivity index is 0.000000427. The van der Waals surface area contributed by atoms with Crippen LogP contribution >= 0.6 is 0 Å². The molecule has 0 spiro atoms. The van der Waals surface area contributed by atoms with Crippen molar-refractivity contribution in [3.63, 3.8) is 0 Å². The van der Waals surface area contributed by atoms with E-state index in [2.05, 4.69) is 15.0 Å². The number of nitrogens with one attached hydrogen (secondary N) is 1. The second kappa shape index (κ2) is 10.1. The van der Waals surface area contributed by atoms with E-state index >= 15 is 0 Å². The van der Waals surface area contributed by atoms with Crippen molar-refractivity contribution < 1.29 is 14.1 Å². The zero-order valence-electron chi connectivity index (χ0n) is 12.4. The van der Waals surface area contributed by atoms with Crippen LogP contribution in [0.15, 0.2) is 6.07 Å². The van der Waals surface area contributed by atoms with Gasteiger partial charge in [-0.3, -0.25) is 0 Å². The highest BCUT2D eigenvalue weighted by Gasteiger charge is 2.18. The van der Waals surface area contributed by atoms with Crippen LogP contribution in [0.4, 0.5) is 10.2 Å². The van der Waals surface area contributed by atoms with Gasteiger partial charge in [-0.15, -0.1) is 0 Å². The molecule has 0 bridgehead atoms. The number of aromatic nitrogens is 1. The molecule has 7 heteroatoms. The van der Waals surface area contributed by atoms with Gasteiger partial charge < -0.3 is 20.2 Å². The summed E-state index contributed by atoms with van der Waals surface area (Å²) in [5, 5.41) is 13.5. The van der Waals surface area contributed by atoms with E-state index in [1.54, 1.807) is 0 Å².